The summed E-state index contributed by atoms with van der Waals surface area (Å²) in [5.74, 6) is -0.283. The van der Waals surface area contributed by atoms with Crippen LogP contribution in [0.3, 0.4) is 0 Å². The lowest BCUT2D eigenvalue weighted by Crippen LogP contribution is -2.49. The molecule has 0 aliphatic heterocycles. The zero-order chi connectivity index (χ0) is 12.9. The number of halogens is 2. The number of rotatable bonds is 4. The van der Waals surface area contributed by atoms with Gasteiger partial charge in [-0.1, -0.05) is 0 Å². The number of hydrogen-bond acceptors (Lipinski definition) is 2. The third kappa shape index (κ3) is 2.18. The third-order valence-electron chi connectivity index (χ3n) is 5.18. The lowest BCUT2D eigenvalue weighted by Gasteiger charge is -2.54. The summed E-state index contributed by atoms with van der Waals surface area (Å²) >= 11 is 0. The molecule has 0 spiro atoms. The van der Waals surface area contributed by atoms with Crippen LogP contribution in [0.25, 0.3) is 0 Å². The van der Waals surface area contributed by atoms with Crippen molar-refractivity contribution in [1.82, 2.24) is 4.72 Å². The maximum atomic E-state index is 12.3. The Morgan fingerprint density at radius 1 is 1.00 bits per heavy atom. The molecule has 4 rings (SSSR count). The highest BCUT2D eigenvalue weighted by Gasteiger charge is 2.48. The quantitative estimate of drug-likeness (QED) is 0.857. The van der Waals surface area contributed by atoms with Crippen molar-refractivity contribution in [2.75, 3.05) is 6.54 Å². The molecular weight excluding hydrogens is 260 g/mol. The van der Waals surface area contributed by atoms with Crippen LogP contribution in [-0.2, 0) is 10.0 Å². The van der Waals surface area contributed by atoms with Gasteiger partial charge in [-0.05, 0) is 61.7 Å². The molecule has 0 aromatic carbocycles. The fourth-order valence-electron chi connectivity index (χ4n) is 4.65. The summed E-state index contributed by atoms with van der Waals surface area (Å²) in [6, 6.07) is 0. The Kier molecular flexibility index (Phi) is 3.13. The van der Waals surface area contributed by atoms with Crippen LogP contribution in [0.4, 0.5) is 8.78 Å². The minimum atomic E-state index is -4.41. The molecule has 0 amide bonds. The fourth-order valence-corrected chi connectivity index (χ4v) is 5.20. The van der Waals surface area contributed by atoms with Crippen molar-refractivity contribution >= 4 is 10.0 Å². The molecule has 3 nitrogen and oxygen atoms in total. The minimum absolute atomic E-state index is 0.210. The van der Waals surface area contributed by atoms with E-state index in [9.17, 15) is 17.2 Å². The van der Waals surface area contributed by atoms with E-state index >= 15 is 0 Å². The predicted molar refractivity (Wildman–Crippen MR) is 63.5 cm³/mol. The van der Waals surface area contributed by atoms with Gasteiger partial charge < -0.3 is 0 Å². The van der Waals surface area contributed by atoms with Gasteiger partial charge in [0.1, 0.15) is 0 Å². The van der Waals surface area contributed by atoms with Crippen LogP contribution < -0.4 is 4.72 Å². The molecule has 0 saturated heterocycles. The second-order valence-electron chi connectivity index (χ2n) is 6.25. The van der Waals surface area contributed by atoms with E-state index in [1.54, 1.807) is 0 Å². The van der Waals surface area contributed by atoms with Crippen molar-refractivity contribution in [3.05, 3.63) is 0 Å². The van der Waals surface area contributed by atoms with Crippen LogP contribution >= 0.6 is 0 Å². The molecule has 4 bridgehead atoms. The number of alkyl halides is 2. The normalized spacial score (nSPS) is 42.7. The fraction of sp³-hybridized carbons (Fsp3) is 1.00. The summed E-state index contributed by atoms with van der Waals surface area (Å²) in [5.41, 5.74) is 0. The van der Waals surface area contributed by atoms with Crippen molar-refractivity contribution < 1.29 is 17.2 Å². The summed E-state index contributed by atoms with van der Waals surface area (Å²) in [6.45, 7) is 0.210. The number of sulfonamides is 1. The molecule has 4 aliphatic rings. The molecule has 4 saturated carbocycles. The maximum Gasteiger partial charge on any atom is 0.350 e. The summed E-state index contributed by atoms with van der Waals surface area (Å²) < 4.78 is 48.9. The third-order valence-corrected chi connectivity index (χ3v) is 6.21. The van der Waals surface area contributed by atoms with Crippen molar-refractivity contribution in [1.29, 1.82) is 0 Å². The van der Waals surface area contributed by atoms with Gasteiger partial charge in [-0.3, -0.25) is 0 Å². The van der Waals surface area contributed by atoms with Crippen LogP contribution in [0.15, 0.2) is 0 Å². The molecule has 1 N–H and O–H groups in total. The van der Waals surface area contributed by atoms with Crippen LogP contribution in [0.1, 0.15) is 32.1 Å². The van der Waals surface area contributed by atoms with E-state index < -0.39 is 15.8 Å². The van der Waals surface area contributed by atoms with Gasteiger partial charge in [0.05, 0.1) is 0 Å². The Labute approximate surface area is 106 Å². The van der Waals surface area contributed by atoms with Gasteiger partial charge in [0.15, 0.2) is 0 Å². The highest BCUT2D eigenvalue weighted by Crippen LogP contribution is 2.56. The summed E-state index contributed by atoms with van der Waals surface area (Å²) in [7, 11) is -4.41. The lowest BCUT2D eigenvalue weighted by atomic mass is 9.52. The largest absolute Gasteiger partial charge is 0.350 e. The first-order valence-corrected chi connectivity index (χ1v) is 8.27. The Morgan fingerprint density at radius 2 is 1.50 bits per heavy atom. The van der Waals surface area contributed by atoms with Crippen molar-refractivity contribution in [2.45, 2.75) is 37.9 Å². The van der Waals surface area contributed by atoms with E-state index in [0.717, 1.165) is 11.8 Å². The highest BCUT2D eigenvalue weighted by atomic mass is 32.2. The van der Waals surface area contributed by atoms with E-state index in [4.69, 9.17) is 0 Å². The molecule has 0 atom stereocenters. The number of nitrogens with one attached hydrogen (secondary N) is 1. The van der Waals surface area contributed by atoms with E-state index in [0.29, 0.717) is 11.8 Å². The van der Waals surface area contributed by atoms with Crippen molar-refractivity contribution in [2.24, 2.45) is 29.6 Å². The average Bonchev–Trinajstić information content (AvgIpc) is 2.26. The van der Waals surface area contributed by atoms with Crippen molar-refractivity contribution in [3.63, 3.8) is 0 Å². The zero-order valence-electron chi connectivity index (χ0n) is 10.2. The molecule has 0 unspecified atom stereocenters. The zero-order valence-corrected chi connectivity index (χ0v) is 11.0. The predicted octanol–water partition coefficient (Wildman–Crippen LogP) is 2.20. The first kappa shape index (κ1) is 12.8. The molecular formula is C12H19F2NO2S. The summed E-state index contributed by atoms with van der Waals surface area (Å²) in [5, 5.41) is 0. The Hall–Kier alpha value is -0.230. The second kappa shape index (κ2) is 4.40. The van der Waals surface area contributed by atoms with Gasteiger partial charge in [0.25, 0.3) is 10.0 Å². The van der Waals surface area contributed by atoms with E-state index in [1.165, 1.54) is 32.1 Å². The molecule has 6 heteroatoms. The monoisotopic (exact) mass is 279 g/mol. The van der Waals surface area contributed by atoms with Gasteiger partial charge in [-0.25, -0.2) is 13.1 Å². The van der Waals surface area contributed by atoms with E-state index in [-0.39, 0.29) is 12.5 Å². The van der Waals surface area contributed by atoms with Gasteiger partial charge >= 0.3 is 5.76 Å². The van der Waals surface area contributed by atoms with Gasteiger partial charge in [0, 0.05) is 6.54 Å². The van der Waals surface area contributed by atoms with Crippen LogP contribution in [0.5, 0.6) is 0 Å². The van der Waals surface area contributed by atoms with E-state index in [1.807, 2.05) is 0 Å². The minimum Gasteiger partial charge on any atom is -0.210 e. The Balaban J connectivity index is 1.64. The molecule has 4 aliphatic carbocycles. The summed E-state index contributed by atoms with van der Waals surface area (Å²) in [6.07, 6.45) is 6.03. The van der Waals surface area contributed by atoms with Crippen LogP contribution in [0, 0.1) is 29.6 Å². The summed E-state index contributed by atoms with van der Waals surface area (Å²) in [4.78, 5) is 0. The molecule has 0 heterocycles. The highest BCUT2D eigenvalue weighted by molar-refractivity contribution is 7.89. The molecule has 18 heavy (non-hydrogen) atoms. The smallest absolute Gasteiger partial charge is 0.210 e. The molecule has 104 valence electrons. The van der Waals surface area contributed by atoms with Gasteiger partial charge in [-0.15, -0.1) is 0 Å². The van der Waals surface area contributed by atoms with Gasteiger partial charge in [0.2, 0.25) is 0 Å². The first-order valence-electron chi connectivity index (χ1n) is 6.72. The average molecular weight is 279 g/mol. The maximum absolute atomic E-state index is 12.3. The second-order valence-corrected chi connectivity index (χ2v) is 7.98. The standard InChI is InChI=1S/C12H19F2NO2S/c13-12(14)18(16,17)15-6-11-9-2-7-1-8(4-9)5-10(11)3-7/h7-12,15H,1-6H2. The molecule has 0 aromatic heterocycles. The first-order chi connectivity index (χ1) is 8.45. The van der Waals surface area contributed by atoms with Crippen LogP contribution in [0.2, 0.25) is 0 Å². The SMILES string of the molecule is O=S(=O)(NCC1C2CC3CC(C2)CC1C3)C(F)F. The topological polar surface area (TPSA) is 46.2 Å². The lowest BCUT2D eigenvalue weighted by molar-refractivity contribution is -0.0336. The molecule has 0 radical (unpaired) electrons. The van der Waals surface area contributed by atoms with Gasteiger partial charge in [-0.2, -0.15) is 8.78 Å². The Bertz CT molecular complexity index is 396. The van der Waals surface area contributed by atoms with Crippen LogP contribution in [-0.4, -0.2) is 20.7 Å². The number of hydrogen-bond donors (Lipinski definition) is 1. The van der Waals surface area contributed by atoms with E-state index in [2.05, 4.69) is 4.72 Å². The Morgan fingerprint density at radius 3 is 1.94 bits per heavy atom. The molecule has 4 fully saturated rings. The molecule has 0 aromatic rings. The van der Waals surface area contributed by atoms with Crippen molar-refractivity contribution in [3.8, 4) is 0 Å².